The summed E-state index contributed by atoms with van der Waals surface area (Å²) in [6, 6.07) is 0. The Kier molecular flexibility index (Phi) is 17.5. The lowest BCUT2D eigenvalue weighted by molar-refractivity contribution is -0.939. The summed E-state index contributed by atoms with van der Waals surface area (Å²) in [5, 5.41) is 0. The molecule has 9 heteroatoms. The topological polar surface area (TPSA) is 80.3 Å². The molecule has 0 amide bonds. The molecule has 40 heavy (non-hydrogen) atoms. The molecule has 0 spiro atoms. The van der Waals surface area contributed by atoms with Crippen molar-refractivity contribution in [3.8, 4) is 0 Å². The maximum Gasteiger partial charge on any atom is 0.480 e. The number of piperidine rings is 1. The van der Waals surface area contributed by atoms with Crippen molar-refractivity contribution in [1.82, 2.24) is 0 Å². The molecule has 0 radical (unpaired) electrons. The summed E-state index contributed by atoms with van der Waals surface area (Å²) >= 11 is 0. The summed E-state index contributed by atoms with van der Waals surface area (Å²) in [4.78, 5) is 11.7. The quantitative estimate of drug-likeness (QED) is 0.0512. The van der Waals surface area contributed by atoms with Gasteiger partial charge in [-0.1, -0.05) is 103 Å². The molecule has 2 aliphatic heterocycles. The second-order valence-electron chi connectivity index (χ2n) is 12.6. The number of rotatable bonds is 23. The number of hydrogen-bond acceptors (Lipinski definition) is 7. The van der Waals surface area contributed by atoms with Crippen LogP contribution in [0.5, 0.6) is 0 Å². The molecule has 0 bridgehead atoms. The number of nitrogens with zero attached hydrogens (tertiary/aromatic N) is 1. The van der Waals surface area contributed by atoms with E-state index in [9.17, 15) is 9.36 Å². The zero-order valence-electron chi connectivity index (χ0n) is 26.4. The third-order valence-corrected chi connectivity index (χ3v) is 9.82. The van der Waals surface area contributed by atoms with Gasteiger partial charge >= 0.3 is 13.8 Å². The first-order chi connectivity index (χ1) is 19.2. The van der Waals surface area contributed by atoms with Crippen LogP contribution in [0.4, 0.5) is 0 Å². The van der Waals surface area contributed by atoms with Gasteiger partial charge in [0.25, 0.3) is 0 Å². The number of likely N-dealkylation sites (tertiary alicyclic amines) is 1. The second-order valence-corrected chi connectivity index (χ2v) is 14.1. The van der Waals surface area contributed by atoms with Crippen molar-refractivity contribution in [2.24, 2.45) is 0 Å². The first-order valence-corrected chi connectivity index (χ1v) is 17.9. The van der Waals surface area contributed by atoms with Gasteiger partial charge in [0.2, 0.25) is 6.23 Å². The molecule has 2 fully saturated rings. The minimum atomic E-state index is -3.72. The van der Waals surface area contributed by atoms with Crippen molar-refractivity contribution in [2.45, 2.75) is 161 Å². The molecule has 0 saturated carbocycles. The molecular weight excluding hydrogens is 529 g/mol. The van der Waals surface area contributed by atoms with E-state index in [1.165, 1.54) is 96.8 Å². The Morgan fingerprint density at radius 2 is 1.40 bits per heavy atom. The summed E-state index contributed by atoms with van der Waals surface area (Å²) in [5.74, 6) is -0.426. The lowest BCUT2D eigenvalue weighted by Crippen LogP contribution is -2.56. The number of phosphoric ester groups is 1. The van der Waals surface area contributed by atoms with Gasteiger partial charge in [0.15, 0.2) is 6.10 Å². The van der Waals surface area contributed by atoms with Crippen LogP contribution in [0.3, 0.4) is 0 Å². The van der Waals surface area contributed by atoms with Crippen LogP contribution in [0.2, 0.25) is 0 Å². The highest BCUT2D eigenvalue weighted by Crippen LogP contribution is 2.60. The van der Waals surface area contributed by atoms with Crippen molar-refractivity contribution < 1.29 is 36.9 Å². The summed E-state index contributed by atoms with van der Waals surface area (Å²) in [6.45, 7) is 6.92. The largest absolute Gasteiger partial charge is 0.480 e. The Morgan fingerprint density at radius 1 is 0.875 bits per heavy atom. The third-order valence-electron chi connectivity index (χ3n) is 8.35. The lowest BCUT2D eigenvalue weighted by atomic mass is 10.0. The highest BCUT2D eigenvalue weighted by molar-refractivity contribution is 7.48. The van der Waals surface area contributed by atoms with Crippen LogP contribution < -0.4 is 0 Å². The molecule has 2 heterocycles. The normalized spacial score (nSPS) is 25.4. The summed E-state index contributed by atoms with van der Waals surface area (Å²) in [7, 11) is 0.376. The fourth-order valence-corrected chi connectivity index (χ4v) is 7.47. The highest BCUT2D eigenvalue weighted by atomic mass is 31.2. The minimum absolute atomic E-state index is 0.0934. The zero-order chi connectivity index (χ0) is 29.3. The van der Waals surface area contributed by atoms with Gasteiger partial charge < -0.3 is 14.0 Å². The van der Waals surface area contributed by atoms with Crippen LogP contribution in [-0.2, 0) is 32.4 Å². The fraction of sp³-hybridized carbons (Fsp3) is 0.968. The van der Waals surface area contributed by atoms with Crippen molar-refractivity contribution in [3.05, 3.63) is 0 Å². The molecular formula is C31H61NO7P+. The van der Waals surface area contributed by atoms with E-state index in [2.05, 4.69) is 6.92 Å². The van der Waals surface area contributed by atoms with Gasteiger partial charge in [-0.05, 0) is 26.2 Å². The number of fused-ring (bicyclic) bond motifs is 1. The van der Waals surface area contributed by atoms with E-state index < -0.39 is 19.9 Å². The number of likely N-dealkylation sites (N-methyl/N-ethyl adjacent to an activating group) is 1. The third kappa shape index (κ3) is 14.1. The van der Waals surface area contributed by atoms with Gasteiger partial charge in [0.05, 0.1) is 33.4 Å². The minimum Gasteiger partial charge on any atom is -0.457 e. The predicted octanol–water partition coefficient (Wildman–Crippen LogP) is 8.32. The molecule has 2 rings (SSSR count). The Labute approximate surface area is 245 Å². The van der Waals surface area contributed by atoms with Crippen molar-refractivity contribution in [1.29, 1.82) is 0 Å². The molecule has 5 unspecified atom stereocenters. The van der Waals surface area contributed by atoms with E-state index in [1.54, 1.807) is 0 Å². The standard InChI is InChI=1S/C31H61NO7P/c1-6-7-8-9-10-11-12-13-14-15-16-17-18-19-20-21-25-35-27(2)30(37-28(3)33)26-36-40(34)38-29-23-22-24-32(4,5)31(29)39-40/h27,29-31H,6-26H2,1-5H3/q+1. The summed E-state index contributed by atoms with van der Waals surface area (Å²) < 4.78 is 42.3. The molecule has 0 aliphatic carbocycles. The van der Waals surface area contributed by atoms with Gasteiger partial charge in [0, 0.05) is 13.5 Å². The molecule has 0 aromatic heterocycles. The number of esters is 1. The summed E-state index contributed by atoms with van der Waals surface area (Å²) in [6.07, 6.45) is 21.4. The molecule has 5 atom stereocenters. The Hall–Kier alpha value is -0.500. The van der Waals surface area contributed by atoms with E-state index in [1.807, 2.05) is 21.0 Å². The highest BCUT2D eigenvalue weighted by Gasteiger charge is 2.55. The van der Waals surface area contributed by atoms with Crippen molar-refractivity contribution in [2.75, 3.05) is 33.9 Å². The zero-order valence-corrected chi connectivity index (χ0v) is 27.3. The monoisotopic (exact) mass is 590 g/mol. The molecule has 2 saturated heterocycles. The molecule has 0 N–H and O–H groups in total. The van der Waals surface area contributed by atoms with E-state index in [0.29, 0.717) is 11.1 Å². The number of phosphoric acid groups is 1. The van der Waals surface area contributed by atoms with Gasteiger partial charge in [-0.2, -0.15) is 0 Å². The second kappa shape index (κ2) is 19.6. The average molecular weight is 591 g/mol. The smallest absolute Gasteiger partial charge is 0.457 e. The molecule has 2 aliphatic rings. The fourth-order valence-electron chi connectivity index (χ4n) is 5.77. The number of quaternary nitrogens is 1. The molecule has 0 aromatic rings. The maximum atomic E-state index is 13.1. The molecule has 236 valence electrons. The van der Waals surface area contributed by atoms with Crippen LogP contribution in [0, 0.1) is 0 Å². The molecule has 0 aromatic carbocycles. The number of unbranched alkanes of at least 4 members (excludes halogenated alkanes) is 15. The van der Waals surface area contributed by atoms with Gasteiger partial charge in [0.1, 0.15) is 6.10 Å². The Bertz CT molecular complexity index is 734. The number of carbonyl (C=O) groups excluding carboxylic acids is 1. The summed E-state index contributed by atoms with van der Waals surface area (Å²) in [5.41, 5.74) is 0. The number of carbonyl (C=O) groups is 1. The van der Waals surface area contributed by atoms with E-state index in [4.69, 9.17) is 23.0 Å². The first kappa shape index (κ1) is 35.7. The van der Waals surface area contributed by atoms with Crippen molar-refractivity contribution in [3.63, 3.8) is 0 Å². The van der Waals surface area contributed by atoms with Crippen molar-refractivity contribution >= 4 is 13.8 Å². The Balaban J connectivity index is 1.51. The van der Waals surface area contributed by atoms with Crippen LogP contribution in [0.25, 0.3) is 0 Å². The van der Waals surface area contributed by atoms with E-state index in [-0.39, 0.29) is 25.0 Å². The maximum absolute atomic E-state index is 13.1. The first-order valence-electron chi connectivity index (χ1n) is 16.4. The average Bonchev–Trinajstić information content (AvgIpc) is 3.26. The van der Waals surface area contributed by atoms with Gasteiger partial charge in [-0.3, -0.25) is 13.8 Å². The number of hydrogen-bond donors (Lipinski definition) is 0. The predicted molar refractivity (Wildman–Crippen MR) is 160 cm³/mol. The van der Waals surface area contributed by atoms with Crippen LogP contribution >= 0.6 is 7.82 Å². The van der Waals surface area contributed by atoms with E-state index >= 15 is 0 Å². The SMILES string of the molecule is CCCCCCCCCCCCCCCCCCOC(C)C(COP1(=O)OC2CCC[N+](C)(C)C2O1)OC(C)=O. The Morgan fingerprint density at radius 3 is 1.90 bits per heavy atom. The van der Waals surface area contributed by atoms with Crippen LogP contribution in [0.15, 0.2) is 0 Å². The van der Waals surface area contributed by atoms with Crippen LogP contribution in [-0.4, -0.2) is 68.8 Å². The lowest BCUT2D eigenvalue weighted by Gasteiger charge is -2.39. The molecule has 8 nitrogen and oxygen atoms in total. The van der Waals surface area contributed by atoms with Gasteiger partial charge in [-0.15, -0.1) is 0 Å². The van der Waals surface area contributed by atoms with Gasteiger partial charge in [-0.25, -0.2) is 9.09 Å². The number of ether oxygens (including phenoxy) is 2. The van der Waals surface area contributed by atoms with E-state index in [0.717, 1.165) is 32.2 Å². The van der Waals surface area contributed by atoms with Crippen LogP contribution in [0.1, 0.15) is 136 Å².